The summed E-state index contributed by atoms with van der Waals surface area (Å²) in [6.45, 7) is 4.03. The Morgan fingerprint density at radius 1 is 1.05 bits per heavy atom. The maximum absolute atomic E-state index is 11.6. The highest BCUT2D eigenvalue weighted by atomic mass is 16.4. The molecular weight excluding hydrogens is 278 g/mol. The van der Waals surface area contributed by atoms with E-state index in [1.165, 1.54) is 4.90 Å². The molecule has 0 atom stereocenters. The number of rotatable bonds is 5. The summed E-state index contributed by atoms with van der Waals surface area (Å²) in [6.07, 6.45) is -0.652. The second-order valence-electron chi connectivity index (χ2n) is 5.99. The first-order valence-electron chi connectivity index (χ1n) is 7.19. The van der Waals surface area contributed by atoms with Crippen LogP contribution in [0.2, 0.25) is 0 Å². The van der Waals surface area contributed by atoms with Crippen molar-refractivity contribution in [2.75, 3.05) is 0 Å². The van der Waals surface area contributed by atoms with Gasteiger partial charge in [-0.05, 0) is 43.5 Å². The maximum Gasteiger partial charge on any atom is 0.137 e. The van der Waals surface area contributed by atoms with Crippen LogP contribution in [0.4, 0.5) is 4.79 Å². The summed E-state index contributed by atoms with van der Waals surface area (Å²) < 4.78 is 0. The van der Waals surface area contributed by atoms with Gasteiger partial charge in [0, 0.05) is 12.1 Å². The Labute approximate surface area is 130 Å². The lowest BCUT2D eigenvalue weighted by Crippen LogP contribution is -2.53. The molecule has 0 aliphatic heterocycles. The summed E-state index contributed by atoms with van der Waals surface area (Å²) in [4.78, 5) is 12.9. The highest BCUT2D eigenvalue weighted by molar-refractivity contribution is 5.63. The van der Waals surface area contributed by atoms with Crippen LogP contribution < -0.4 is 5.11 Å². The second-order valence-corrected chi connectivity index (χ2v) is 5.99. The van der Waals surface area contributed by atoms with Gasteiger partial charge in [-0.2, -0.15) is 0 Å². The summed E-state index contributed by atoms with van der Waals surface area (Å²) in [5.41, 5.74) is 1.26. The van der Waals surface area contributed by atoms with Crippen molar-refractivity contribution in [3.8, 4) is 5.75 Å². The van der Waals surface area contributed by atoms with Crippen molar-refractivity contribution < 1.29 is 15.0 Å². The first kappa shape index (κ1) is 15.9. The topological polar surface area (TPSA) is 63.6 Å². The van der Waals surface area contributed by atoms with E-state index >= 15 is 0 Å². The third-order valence-corrected chi connectivity index (χ3v) is 3.71. The van der Waals surface area contributed by atoms with Gasteiger partial charge >= 0.3 is 0 Å². The number of carbonyl (C=O) groups excluding carboxylic acids is 1. The van der Waals surface area contributed by atoms with Crippen molar-refractivity contribution in [1.82, 2.24) is 4.90 Å². The zero-order valence-corrected chi connectivity index (χ0v) is 12.8. The van der Waals surface area contributed by atoms with E-state index in [0.29, 0.717) is 6.42 Å². The smallest absolute Gasteiger partial charge is 0.137 e. The third kappa shape index (κ3) is 4.01. The van der Waals surface area contributed by atoms with Gasteiger partial charge in [-0.25, -0.2) is 0 Å². The molecular formula is C18H20NO3-. The number of nitrogens with zero attached hydrogens (tertiary/aromatic N) is 1. The Hall–Kier alpha value is -2.49. The molecule has 0 heterocycles. The fraction of sp³-hybridized carbons (Fsp3) is 0.278. The molecule has 0 aromatic heterocycles. The lowest BCUT2D eigenvalue weighted by Gasteiger charge is -2.41. The van der Waals surface area contributed by atoms with Crippen molar-refractivity contribution in [3.05, 3.63) is 65.7 Å². The molecule has 2 aromatic rings. The number of benzene rings is 2. The average molecular weight is 298 g/mol. The van der Waals surface area contributed by atoms with Crippen LogP contribution in [0.15, 0.2) is 54.6 Å². The van der Waals surface area contributed by atoms with Gasteiger partial charge in [-0.3, -0.25) is 0 Å². The minimum absolute atomic E-state index is 0.197. The summed E-state index contributed by atoms with van der Waals surface area (Å²) in [6, 6.07) is 16.3. The zero-order chi connectivity index (χ0) is 16.2. The summed E-state index contributed by atoms with van der Waals surface area (Å²) in [5, 5.41) is 20.9. The van der Waals surface area contributed by atoms with E-state index in [4.69, 9.17) is 0 Å². The van der Waals surface area contributed by atoms with Crippen LogP contribution in [0.5, 0.6) is 5.75 Å². The SMILES string of the molecule is CC(C)(Cc1ccc(O)cc1)N(Cc1ccccc1)C(=O)[O-]. The molecule has 0 unspecified atom stereocenters. The molecule has 2 aromatic carbocycles. The molecule has 0 bridgehead atoms. The predicted octanol–water partition coefficient (Wildman–Crippen LogP) is 2.56. The molecule has 4 nitrogen and oxygen atoms in total. The van der Waals surface area contributed by atoms with E-state index in [-0.39, 0.29) is 12.3 Å². The highest BCUT2D eigenvalue weighted by Gasteiger charge is 2.27. The number of aromatic hydroxyl groups is 1. The average Bonchev–Trinajstić information content (AvgIpc) is 2.47. The van der Waals surface area contributed by atoms with Crippen molar-refractivity contribution >= 4 is 6.09 Å². The summed E-state index contributed by atoms with van der Waals surface area (Å²) >= 11 is 0. The van der Waals surface area contributed by atoms with Crippen LogP contribution in [0, 0.1) is 0 Å². The molecule has 4 heteroatoms. The molecule has 2 rings (SSSR count). The molecule has 0 radical (unpaired) electrons. The molecule has 0 aliphatic carbocycles. The predicted molar refractivity (Wildman–Crippen MR) is 83.3 cm³/mol. The Balaban J connectivity index is 2.18. The number of hydrogen-bond donors (Lipinski definition) is 1. The van der Waals surface area contributed by atoms with Gasteiger partial charge < -0.3 is 19.9 Å². The lowest BCUT2D eigenvalue weighted by atomic mass is 9.92. The molecule has 0 saturated heterocycles. The van der Waals surface area contributed by atoms with Crippen LogP contribution in [0.25, 0.3) is 0 Å². The molecule has 116 valence electrons. The van der Waals surface area contributed by atoms with Crippen LogP contribution >= 0.6 is 0 Å². The third-order valence-electron chi connectivity index (χ3n) is 3.71. The number of carbonyl (C=O) groups is 1. The zero-order valence-electron chi connectivity index (χ0n) is 12.8. The van der Waals surface area contributed by atoms with Crippen LogP contribution in [-0.2, 0) is 13.0 Å². The van der Waals surface area contributed by atoms with Crippen molar-refractivity contribution in [3.63, 3.8) is 0 Å². The molecule has 0 fully saturated rings. The molecule has 1 N–H and O–H groups in total. The molecule has 0 aliphatic rings. The Bertz CT molecular complexity index is 621. The van der Waals surface area contributed by atoms with Crippen molar-refractivity contribution in [2.45, 2.75) is 32.4 Å². The Morgan fingerprint density at radius 2 is 1.64 bits per heavy atom. The van der Waals surface area contributed by atoms with E-state index in [0.717, 1.165) is 11.1 Å². The van der Waals surface area contributed by atoms with E-state index in [9.17, 15) is 15.0 Å². The normalized spacial score (nSPS) is 11.2. The second kappa shape index (κ2) is 6.52. The minimum Gasteiger partial charge on any atom is -0.530 e. The Morgan fingerprint density at radius 3 is 2.18 bits per heavy atom. The van der Waals surface area contributed by atoms with E-state index in [1.54, 1.807) is 24.3 Å². The van der Waals surface area contributed by atoms with E-state index < -0.39 is 11.6 Å². The van der Waals surface area contributed by atoms with Crippen LogP contribution in [-0.4, -0.2) is 21.6 Å². The van der Waals surface area contributed by atoms with E-state index in [1.807, 2.05) is 44.2 Å². The largest absolute Gasteiger partial charge is 0.530 e. The van der Waals surface area contributed by atoms with Crippen LogP contribution in [0.1, 0.15) is 25.0 Å². The van der Waals surface area contributed by atoms with Gasteiger partial charge in [0.15, 0.2) is 0 Å². The summed E-state index contributed by atoms with van der Waals surface area (Å²) in [5.74, 6) is 0.197. The fourth-order valence-electron chi connectivity index (χ4n) is 2.50. The first-order chi connectivity index (χ1) is 10.4. The quantitative estimate of drug-likeness (QED) is 0.922. The van der Waals surface area contributed by atoms with Gasteiger partial charge in [-0.15, -0.1) is 0 Å². The van der Waals surface area contributed by atoms with Gasteiger partial charge in [0.2, 0.25) is 0 Å². The lowest BCUT2D eigenvalue weighted by molar-refractivity contribution is -0.272. The molecule has 22 heavy (non-hydrogen) atoms. The molecule has 0 spiro atoms. The van der Waals surface area contributed by atoms with Gasteiger partial charge in [-0.1, -0.05) is 42.5 Å². The number of hydrogen-bond acceptors (Lipinski definition) is 3. The van der Waals surface area contributed by atoms with Gasteiger partial charge in [0.05, 0.1) is 0 Å². The maximum atomic E-state index is 11.6. The number of amides is 1. The van der Waals surface area contributed by atoms with Crippen molar-refractivity contribution in [1.29, 1.82) is 0 Å². The Kier molecular flexibility index (Phi) is 4.71. The van der Waals surface area contributed by atoms with Gasteiger partial charge in [0.25, 0.3) is 0 Å². The minimum atomic E-state index is -1.19. The molecule has 0 saturated carbocycles. The van der Waals surface area contributed by atoms with Crippen LogP contribution in [0.3, 0.4) is 0 Å². The summed E-state index contributed by atoms with van der Waals surface area (Å²) in [7, 11) is 0. The molecule has 1 amide bonds. The number of phenols is 1. The monoisotopic (exact) mass is 298 g/mol. The van der Waals surface area contributed by atoms with Crippen molar-refractivity contribution in [2.24, 2.45) is 0 Å². The van der Waals surface area contributed by atoms with E-state index in [2.05, 4.69) is 0 Å². The number of carboxylic acid groups (broad SMARTS) is 1. The number of phenolic OH excluding ortho intramolecular Hbond substituents is 1. The first-order valence-corrected chi connectivity index (χ1v) is 7.19. The highest BCUT2D eigenvalue weighted by Crippen LogP contribution is 2.23. The fourth-order valence-corrected chi connectivity index (χ4v) is 2.50. The van der Waals surface area contributed by atoms with Gasteiger partial charge in [0.1, 0.15) is 11.8 Å². The standard InChI is InChI=1S/C18H21NO3/c1-18(2,12-14-8-10-16(20)11-9-14)19(17(21)22)13-15-6-4-3-5-7-15/h3-11,20H,12-13H2,1-2H3,(H,21,22)/p-1.